The number of benzene rings is 1. The van der Waals surface area contributed by atoms with Crippen molar-refractivity contribution < 1.29 is 22.7 Å². The number of fused-ring (bicyclic) bond motifs is 1. The van der Waals surface area contributed by atoms with Crippen molar-refractivity contribution in [1.82, 2.24) is 14.8 Å². The minimum Gasteiger partial charge on any atom is -0.462 e. The zero-order chi connectivity index (χ0) is 19.1. The maximum Gasteiger partial charge on any atom is 0.416 e. The van der Waals surface area contributed by atoms with Crippen LogP contribution in [0.1, 0.15) is 34.2 Å². The molecule has 0 saturated heterocycles. The highest BCUT2D eigenvalue weighted by atomic mass is 19.4. The topological polar surface area (TPSA) is 57.0 Å². The number of ether oxygens (including phenoxy) is 1. The maximum absolute atomic E-state index is 12.8. The van der Waals surface area contributed by atoms with Crippen LogP contribution in [0.2, 0.25) is 0 Å². The summed E-state index contributed by atoms with van der Waals surface area (Å²) in [7, 11) is 0. The Kier molecular flexibility index (Phi) is 4.43. The molecule has 1 aromatic carbocycles. The van der Waals surface area contributed by atoms with Gasteiger partial charge in [0.1, 0.15) is 0 Å². The van der Waals surface area contributed by atoms with Gasteiger partial charge in [0.05, 0.1) is 34.5 Å². The van der Waals surface area contributed by atoms with Crippen molar-refractivity contribution in [2.24, 2.45) is 0 Å². The van der Waals surface area contributed by atoms with Crippen LogP contribution in [-0.4, -0.2) is 27.3 Å². The number of carbonyl (C=O) groups excluding carboxylic acids is 1. The van der Waals surface area contributed by atoms with E-state index in [-0.39, 0.29) is 6.61 Å². The summed E-state index contributed by atoms with van der Waals surface area (Å²) in [5.74, 6) is -0.488. The molecule has 3 aromatic rings. The van der Waals surface area contributed by atoms with E-state index >= 15 is 0 Å². The molecule has 3 rings (SSSR count). The summed E-state index contributed by atoms with van der Waals surface area (Å²) < 4.78 is 44.8. The second-order valence-corrected chi connectivity index (χ2v) is 5.77. The third kappa shape index (κ3) is 3.14. The zero-order valence-electron chi connectivity index (χ0n) is 14.4. The number of pyridine rings is 1. The Morgan fingerprint density at radius 3 is 2.42 bits per heavy atom. The highest BCUT2D eigenvalue weighted by molar-refractivity contribution is 6.04. The highest BCUT2D eigenvalue weighted by Crippen LogP contribution is 2.30. The van der Waals surface area contributed by atoms with Crippen molar-refractivity contribution in [2.75, 3.05) is 6.61 Å². The molecule has 0 aliphatic rings. The number of alkyl halides is 3. The number of aryl methyl sites for hydroxylation is 2. The van der Waals surface area contributed by atoms with Crippen molar-refractivity contribution in [1.29, 1.82) is 0 Å². The number of halogens is 3. The van der Waals surface area contributed by atoms with Crippen LogP contribution < -0.4 is 0 Å². The molecule has 136 valence electrons. The third-order valence-electron chi connectivity index (χ3n) is 3.88. The molecule has 0 fully saturated rings. The van der Waals surface area contributed by atoms with Crippen LogP contribution >= 0.6 is 0 Å². The molecule has 8 heteroatoms. The quantitative estimate of drug-likeness (QED) is 0.654. The molecule has 0 N–H and O–H groups in total. The third-order valence-corrected chi connectivity index (χ3v) is 3.88. The van der Waals surface area contributed by atoms with Crippen LogP contribution in [0.4, 0.5) is 13.2 Å². The first kappa shape index (κ1) is 17.9. The molecule has 0 amide bonds. The SMILES string of the molecule is CCOC(=O)c1cc(C)nc2c1c(C)nn2-c1ccc(C(F)(F)F)cc1. The predicted octanol–water partition coefficient (Wildman–Crippen LogP) is 4.23. The molecular formula is C18H16F3N3O2. The summed E-state index contributed by atoms with van der Waals surface area (Å²) in [6, 6.07) is 6.23. The van der Waals surface area contributed by atoms with E-state index in [0.29, 0.717) is 33.7 Å². The average molecular weight is 363 g/mol. The van der Waals surface area contributed by atoms with E-state index in [9.17, 15) is 18.0 Å². The largest absolute Gasteiger partial charge is 0.462 e. The van der Waals surface area contributed by atoms with Gasteiger partial charge in [-0.25, -0.2) is 14.5 Å². The molecule has 0 atom stereocenters. The Balaban J connectivity index is 2.18. The van der Waals surface area contributed by atoms with Gasteiger partial charge in [-0.2, -0.15) is 18.3 Å². The number of hydrogen-bond acceptors (Lipinski definition) is 4. The Morgan fingerprint density at radius 2 is 1.85 bits per heavy atom. The summed E-state index contributed by atoms with van der Waals surface area (Å²) in [4.78, 5) is 16.7. The maximum atomic E-state index is 12.8. The van der Waals surface area contributed by atoms with Crippen molar-refractivity contribution in [2.45, 2.75) is 26.9 Å². The Hall–Kier alpha value is -2.90. The van der Waals surface area contributed by atoms with Crippen molar-refractivity contribution in [3.8, 4) is 5.69 Å². The normalized spacial score (nSPS) is 11.8. The number of esters is 1. The van der Waals surface area contributed by atoms with E-state index in [1.165, 1.54) is 16.8 Å². The van der Waals surface area contributed by atoms with Crippen LogP contribution in [0.25, 0.3) is 16.7 Å². The smallest absolute Gasteiger partial charge is 0.416 e. The number of rotatable bonds is 3. The van der Waals surface area contributed by atoms with Gasteiger partial charge in [0.2, 0.25) is 0 Å². The Morgan fingerprint density at radius 1 is 1.19 bits per heavy atom. The Bertz CT molecular complexity index is 976. The molecule has 0 aliphatic carbocycles. The van der Waals surface area contributed by atoms with E-state index in [1.54, 1.807) is 26.8 Å². The molecule has 0 spiro atoms. The van der Waals surface area contributed by atoms with Crippen molar-refractivity contribution in [3.63, 3.8) is 0 Å². The lowest BCUT2D eigenvalue weighted by Gasteiger charge is -2.09. The fourth-order valence-electron chi connectivity index (χ4n) is 2.76. The molecule has 0 unspecified atom stereocenters. The molecule has 0 aliphatic heterocycles. The van der Waals surface area contributed by atoms with Gasteiger partial charge in [0.15, 0.2) is 5.65 Å². The minimum atomic E-state index is -4.41. The van der Waals surface area contributed by atoms with E-state index < -0.39 is 17.7 Å². The van der Waals surface area contributed by atoms with Crippen molar-refractivity contribution >= 4 is 17.0 Å². The first-order chi connectivity index (χ1) is 12.2. The second kappa shape index (κ2) is 6.44. The lowest BCUT2D eigenvalue weighted by Crippen LogP contribution is -2.07. The molecule has 0 radical (unpaired) electrons. The lowest BCUT2D eigenvalue weighted by atomic mass is 10.1. The van der Waals surface area contributed by atoms with E-state index in [0.717, 1.165) is 12.1 Å². The molecule has 0 saturated carbocycles. The van der Waals surface area contributed by atoms with Gasteiger partial charge in [0.25, 0.3) is 0 Å². The summed E-state index contributed by atoms with van der Waals surface area (Å²) in [6.07, 6.45) is -4.41. The zero-order valence-corrected chi connectivity index (χ0v) is 14.4. The second-order valence-electron chi connectivity index (χ2n) is 5.77. The summed E-state index contributed by atoms with van der Waals surface area (Å²) >= 11 is 0. The first-order valence-corrected chi connectivity index (χ1v) is 7.94. The molecular weight excluding hydrogens is 347 g/mol. The molecule has 2 heterocycles. The average Bonchev–Trinajstić information content (AvgIpc) is 2.90. The van der Waals surface area contributed by atoms with E-state index in [1.807, 2.05) is 0 Å². The number of hydrogen-bond donors (Lipinski definition) is 0. The summed E-state index contributed by atoms with van der Waals surface area (Å²) in [5, 5.41) is 4.88. The van der Waals surface area contributed by atoms with Gasteiger partial charge in [-0.05, 0) is 51.1 Å². The predicted molar refractivity (Wildman–Crippen MR) is 89.3 cm³/mol. The van der Waals surface area contributed by atoms with Gasteiger partial charge in [-0.3, -0.25) is 0 Å². The fourth-order valence-corrected chi connectivity index (χ4v) is 2.76. The lowest BCUT2D eigenvalue weighted by molar-refractivity contribution is -0.137. The Labute approximate surface area is 147 Å². The van der Waals surface area contributed by atoms with Gasteiger partial charge in [0, 0.05) is 5.69 Å². The van der Waals surface area contributed by atoms with E-state index in [4.69, 9.17) is 4.74 Å². The van der Waals surface area contributed by atoms with Crippen molar-refractivity contribution in [3.05, 3.63) is 52.8 Å². The van der Waals surface area contributed by atoms with E-state index in [2.05, 4.69) is 10.1 Å². The summed E-state index contributed by atoms with van der Waals surface area (Å²) in [5.41, 5.74) is 1.52. The first-order valence-electron chi connectivity index (χ1n) is 7.94. The van der Waals surface area contributed by atoms with Gasteiger partial charge in [-0.15, -0.1) is 0 Å². The van der Waals surface area contributed by atoms with Crippen LogP contribution in [0.5, 0.6) is 0 Å². The molecule has 2 aromatic heterocycles. The van der Waals surface area contributed by atoms with Gasteiger partial charge >= 0.3 is 12.1 Å². The highest BCUT2D eigenvalue weighted by Gasteiger charge is 2.30. The summed E-state index contributed by atoms with van der Waals surface area (Å²) in [6.45, 7) is 5.37. The van der Waals surface area contributed by atoms with Crippen LogP contribution in [0.3, 0.4) is 0 Å². The molecule has 26 heavy (non-hydrogen) atoms. The number of carbonyl (C=O) groups is 1. The van der Waals surface area contributed by atoms with Crippen LogP contribution in [-0.2, 0) is 10.9 Å². The number of nitrogens with zero attached hydrogens (tertiary/aromatic N) is 3. The molecule has 5 nitrogen and oxygen atoms in total. The minimum absolute atomic E-state index is 0.230. The van der Waals surface area contributed by atoms with Crippen LogP contribution in [0.15, 0.2) is 30.3 Å². The standard InChI is InChI=1S/C18H16F3N3O2/c1-4-26-17(25)14-9-10(2)22-16-15(14)11(3)23-24(16)13-7-5-12(6-8-13)18(19,20)21/h5-9H,4H2,1-3H3. The fraction of sp³-hybridized carbons (Fsp3) is 0.278. The van der Waals surface area contributed by atoms with Crippen LogP contribution in [0, 0.1) is 13.8 Å². The van der Waals surface area contributed by atoms with Gasteiger partial charge in [-0.1, -0.05) is 0 Å². The monoisotopic (exact) mass is 363 g/mol. The van der Waals surface area contributed by atoms with Gasteiger partial charge < -0.3 is 4.74 Å². The number of aromatic nitrogens is 3. The molecule has 0 bridgehead atoms.